The Morgan fingerprint density at radius 2 is 2.00 bits per heavy atom. The summed E-state index contributed by atoms with van der Waals surface area (Å²) >= 11 is 0. The minimum absolute atomic E-state index is 0.107. The number of rotatable bonds is 10. The van der Waals surface area contributed by atoms with Gasteiger partial charge in [-0.2, -0.15) is 4.98 Å². The first kappa shape index (κ1) is 17.1. The van der Waals surface area contributed by atoms with Crippen LogP contribution in [-0.2, 0) is 11.2 Å². The predicted molar refractivity (Wildman–Crippen MR) is 79.6 cm³/mol. The van der Waals surface area contributed by atoms with Gasteiger partial charge in [0.1, 0.15) is 6.10 Å². The van der Waals surface area contributed by atoms with Gasteiger partial charge in [0.25, 0.3) is 0 Å². The van der Waals surface area contributed by atoms with Crippen LogP contribution in [0.15, 0.2) is 4.52 Å². The van der Waals surface area contributed by atoms with E-state index in [9.17, 15) is 0 Å². The van der Waals surface area contributed by atoms with Crippen LogP contribution in [0.25, 0.3) is 0 Å². The molecule has 2 unspecified atom stereocenters. The summed E-state index contributed by atoms with van der Waals surface area (Å²) in [4.78, 5) is 4.44. The van der Waals surface area contributed by atoms with Gasteiger partial charge in [-0.15, -0.1) is 0 Å². The maximum atomic E-state index is 5.48. The molecule has 1 aromatic rings. The quantitative estimate of drug-likeness (QED) is 0.715. The van der Waals surface area contributed by atoms with Crippen molar-refractivity contribution in [1.82, 2.24) is 15.5 Å². The first-order chi connectivity index (χ1) is 9.56. The lowest BCUT2D eigenvalue weighted by atomic mass is 10.0. The number of ether oxygens (including phenoxy) is 1. The lowest BCUT2D eigenvalue weighted by molar-refractivity contribution is 0.0683. The zero-order valence-corrected chi connectivity index (χ0v) is 13.5. The van der Waals surface area contributed by atoms with E-state index in [4.69, 9.17) is 9.26 Å². The summed E-state index contributed by atoms with van der Waals surface area (Å²) in [6.45, 7) is 12.2. The van der Waals surface area contributed by atoms with Gasteiger partial charge in [0.15, 0.2) is 5.82 Å². The highest BCUT2D eigenvalue weighted by Gasteiger charge is 2.18. The van der Waals surface area contributed by atoms with Crippen molar-refractivity contribution in [3.63, 3.8) is 0 Å². The van der Waals surface area contributed by atoms with Crippen molar-refractivity contribution < 1.29 is 9.26 Å². The molecular weight excluding hydrogens is 254 g/mol. The van der Waals surface area contributed by atoms with Gasteiger partial charge in [-0.05, 0) is 39.2 Å². The average Bonchev–Trinajstić information content (AvgIpc) is 2.84. The lowest BCUT2D eigenvalue weighted by Gasteiger charge is -2.18. The van der Waals surface area contributed by atoms with Crippen molar-refractivity contribution in [3.8, 4) is 0 Å². The normalized spacial score (nSPS) is 14.7. The molecule has 0 aliphatic rings. The first-order valence-corrected chi connectivity index (χ1v) is 7.74. The number of hydrogen-bond acceptors (Lipinski definition) is 5. The zero-order valence-electron chi connectivity index (χ0n) is 13.5. The molecule has 2 atom stereocenters. The predicted octanol–water partition coefficient (Wildman–Crippen LogP) is 3.12. The number of nitrogens with zero attached hydrogens (tertiary/aromatic N) is 2. The molecule has 0 spiro atoms. The highest BCUT2D eigenvalue weighted by molar-refractivity contribution is 4.92. The van der Waals surface area contributed by atoms with Crippen LogP contribution in [0.4, 0.5) is 0 Å². The monoisotopic (exact) mass is 283 g/mol. The van der Waals surface area contributed by atoms with Crippen molar-refractivity contribution in [2.75, 3.05) is 13.2 Å². The summed E-state index contributed by atoms with van der Waals surface area (Å²) < 4.78 is 10.8. The number of nitrogens with one attached hydrogen (secondary N) is 1. The SMILES string of the molecule is CCCNC(Cc1nc(C(C)OCC)no1)CC(C)C. The molecule has 0 bridgehead atoms. The molecule has 0 aliphatic heterocycles. The summed E-state index contributed by atoms with van der Waals surface area (Å²) in [6, 6.07) is 0.394. The molecule has 5 heteroatoms. The molecule has 0 amide bonds. The van der Waals surface area contributed by atoms with Crippen LogP contribution in [0, 0.1) is 5.92 Å². The highest BCUT2D eigenvalue weighted by Crippen LogP contribution is 2.15. The minimum atomic E-state index is -0.107. The minimum Gasteiger partial charge on any atom is -0.371 e. The third kappa shape index (κ3) is 6.01. The molecule has 116 valence electrons. The van der Waals surface area contributed by atoms with Gasteiger partial charge in [-0.1, -0.05) is 25.9 Å². The van der Waals surface area contributed by atoms with E-state index >= 15 is 0 Å². The molecular formula is C15H29N3O2. The van der Waals surface area contributed by atoms with Gasteiger partial charge in [-0.3, -0.25) is 0 Å². The molecule has 0 aromatic carbocycles. The molecule has 1 heterocycles. The number of aromatic nitrogens is 2. The molecule has 1 aromatic heterocycles. The van der Waals surface area contributed by atoms with Crippen molar-refractivity contribution in [1.29, 1.82) is 0 Å². The van der Waals surface area contributed by atoms with Crippen LogP contribution in [-0.4, -0.2) is 29.3 Å². The van der Waals surface area contributed by atoms with E-state index < -0.39 is 0 Å². The van der Waals surface area contributed by atoms with E-state index in [0.29, 0.717) is 30.3 Å². The van der Waals surface area contributed by atoms with E-state index in [-0.39, 0.29) is 6.10 Å². The third-order valence-corrected chi connectivity index (χ3v) is 3.12. The van der Waals surface area contributed by atoms with E-state index in [1.807, 2.05) is 13.8 Å². The van der Waals surface area contributed by atoms with Crippen LogP contribution in [0.1, 0.15) is 65.3 Å². The van der Waals surface area contributed by atoms with E-state index in [2.05, 4.69) is 36.2 Å². The second kappa shape index (κ2) is 9.08. The van der Waals surface area contributed by atoms with Crippen LogP contribution in [0.5, 0.6) is 0 Å². The van der Waals surface area contributed by atoms with Crippen molar-refractivity contribution in [3.05, 3.63) is 11.7 Å². The zero-order chi connectivity index (χ0) is 15.0. The fourth-order valence-corrected chi connectivity index (χ4v) is 2.21. The maximum absolute atomic E-state index is 5.48. The lowest BCUT2D eigenvalue weighted by Crippen LogP contribution is -2.33. The Balaban J connectivity index is 2.58. The average molecular weight is 283 g/mol. The molecule has 0 saturated carbocycles. The van der Waals surface area contributed by atoms with Crippen LogP contribution < -0.4 is 5.32 Å². The topological polar surface area (TPSA) is 60.2 Å². The Morgan fingerprint density at radius 1 is 1.25 bits per heavy atom. The smallest absolute Gasteiger partial charge is 0.228 e. The van der Waals surface area contributed by atoms with Crippen LogP contribution in [0.3, 0.4) is 0 Å². The second-order valence-electron chi connectivity index (χ2n) is 5.63. The van der Waals surface area contributed by atoms with E-state index in [1.165, 1.54) is 0 Å². The van der Waals surface area contributed by atoms with E-state index in [0.717, 1.165) is 25.8 Å². The summed E-state index contributed by atoms with van der Waals surface area (Å²) in [6.07, 6.45) is 2.91. The fraction of sp³-hybridized carbons (Fsp3) is 0.867. The molecule has 0 radical (unpaired) electrons. The van der Waals surface area contributed by atoms with Gasteiger partial charge < -0.3 is 14.6 Å². The van der Waals surface area contributed by atoms with Gasteiger partial charge in [0.2, 0.25) is 5.89 Å². The molecule has 5 nitrogen and oxygen atoms in total. The Hall–Kier alpha value is -0.940. The molecule has 0 saturated heterocycles. The first-order valence-electron chi connectivity index (χ1n) is 7.74. The van der Waals surface area contributed by atoms with Crippen LogP contribution >= 0.6 is 0 Å². The fourth-order valence-electron chi connectivity index (χ4n) is 2.21. The van der Waals surface area contributed by atoms with Gasteiger partial charge in [0, 0.05) is 19.1 Å². The molecule has 20 heavy (non-hydrogen) atoms. The van der Waals surface area contributed by atoms with Crippen molar-refractivity contribution in [2.45, 2.75) is 66.0 Å². The molecule has 0 fully saturated rings. The number of hydrogen-bond donors (Lipinski definition) is 1. The van der Waals surface area contributed by atoms with Crippen LogP contribution in [0.2, 0.25) is 0 Å². The standard InChI is InChI=1S/C15H29N3O2/c1-6-8-16-13(9-11(3)4)10-14-17-15(18-20-14)12(5)19-7-2/h11-13,16H,6-10H2,1-5H3. The Kier molecular flexibility index (Phi) is 7.77. The van der Waals surface area contributed by atoms with Crippen molar-refractivity contribution in [2.24, 2.45) is 5.92 Å². The van der Waals surface area contributed by atoms with Gasteiger partial charge in [0.05, 0.1) is 0 Å². The molecule has 0 aliphatic carbocycles. The van der Waals surface area contributed by atoms with E-state index in [1.54, 1.807) is 0 Å². The Bertz CT molecular complexity index is 366. The Labute approximate surface area is 122 Å². The second-order valence-corrected chi connectivity index (χ2v) is 5.63. The highest BCUT2D eigenvalue weighted by atomic mass is 16.5. The summed E-state index contributed by atoms with van der Waals surface area (Å²) in [5, 5.41) is 7.56. The summed E-state index contributed by atoms with van der Waals surface area (Å²) in [5.41, 5.74) is 0. The molecule has 1 rings (SSSR count). The largest absolute Gasteiger partial charge is 0.371 e. The van der Waals surface area contributed by atoms with Gasteiger partial charge >= 0.3 is 0 Å². The maximum Gasteiger partial charge on any atom is 0.228 e. The third-order valence-electron chi connectivity index (χ3n) is 3.12. The molecule has 1 N–H and O–H groups in total. The summed E-state index contributed by atoms with van der Waals surface area (Å²) in [5.74, 6) is 1.98. The summed E-state index contributed by atoms with van der Waals surface area (Å²) in [7, 11) is 0. The van der Waals surface area contributed by atoms with Gasteiger partial charge in [-0.25, -0.2) is 0 Å². The Morgan fingerprint density at radius 3 is 2.60 bits per heavy atom. The van der Waals surface area contributed by atoms with Crippen molar-refractivity contribution >= 4 is 0 Å².